The molecule has 0 aromatic rings. The van der Waals surface area contributed by atoms with Gasteiger partial charge in [-0.05, 0) is 12.8 Å². The lowest BCUT2D eigenvalue weighted by Crippen LogP contribution is -2.49. The predicted octanol–water partition coefficient (Wildman–Crippen LogP) is 8.17. The van der Waals surface area contributed by atoms with Gasteiger partial charge in [0.2, 0.25) is 5.91 Å². The molecular weight excluding hydrogens is 441 g/mol. The zero-order chi connectivity index (χ0) is 26.0. The molecule has 0 rings (SSSR count). The molecule has 0 heterocycles. The zero-order valence-corrected chi connectivity index (χ0v) is 23.4. The minimum atomic E-state index is -1.41. The molecule has 0 aliphatic heterocycles. The van der Waals surface area contributed by atoms with Gasteiger partial charge in [-0.2, -0.15) is 0 Å². The van der Waals surface area contributed by atoms with Crippen molar-refractivity contribution in [1.82, 2.24) is 5.32 Å². The Morgan fingerprint density at radius 1 is 0.657 bits per heavy atom. The summed E-state index contributed by atoms with van der Waals surface area (Å²) in [6.45, 7) is 4.02. The van der Waals surface area contributed by atoms with Crippen molar-refractivity contribution >= 4 is 5.91 Å². The third-order valence-corrected chi connectivity index (χ3v) is 7.17. The molecule has 5 heteroatoms. The summed E-state index contributed by atoms with van der Waals surface area (Å²) in [5.41, 5.74) is 0. The Balaban J connectivity index is 3.75. The van der Waals surface area contributed by atoms with Crippen LogP contribution in [0.3, 0.4) is 0 Å². The van der Waals surface area contributed by atoms with Crippen molar-refractivity contribution in [1.29, 1.82) is 0 Å². The van der Waals surface area contributed by atoms with Crippen LogP contribution in [-0.4, -0.2) is 41.0 Å². The van der Waals surface area contributed by atoms with Gasteiger partial charge >= 0.3 is 0 Å². The summed E-state index contributed by atoms with van der Waals surface area (Å²) in [6, 6.07) is -0.923. The monoisotopic (exact) mass is 501 g/mol. The van der Waals surface area contributed by atoms with Gasteiger partial charge in [0.25, 0.3) is 0 Å². The molecule has 0 aromatic carbocycles. The quantitative estimate of drug-likeness (QED) is 0.0994. The van der Waals surface area contributed by atoms with Gasteiger partial charge in [0, 0.05) is 6.42 Å². The Morgan fingerprint density at radius 3 is 1.43 bits per heavy atom. The molecule has 3 N–H and O–H groups in total. The van der Waals surface area contributed by atoms with E-state index in [1.165, 1.54) is 96.3 Å². The number of aliphatic hydroxyl groups is 2. The van der Waals surface area contributed by atoms with Crippen molar-refractivity contribution in [3.8, 4) is 0 Å². The molecule has 0 fully saturated rings. The number of carbonyl (C=O) groups excluding carboxylic acids is 1. The van der Waals surface area contributed by atoms with Crippen LogP contribution in [0, 0.1) is 0 Å². The molecule has 0 radical (unpaired) electrons. The molecule has 0 aliphatic carbocycles. The second-order valence-corrected chi connectivity index (χ2v) is 10.6. The highest BCUT2D eigenvalue weighted by atomic mass is 19.1. The maximum atomic E-state index is 14.5. The number of aliphatic hydroxyl groups excluding tert-OH is 2. The van der Waals surface area contributed by atoms with E-state index in [4.69, 9.17) is 0 Å². The van der Waals surface area contributed by atoms with Gasteiger partial charge < -0.3 is 15.5 Å². The molecule has 35 heavy (non-hydrogen) atoms. The predicted molar refractivity (Wildman–Crippen MR) is 147 cm³/mol. The van der Waals surface area contributed by atoms with E-state index < -0.39 is 24.9 Å². The smallest absolute Gasteiger partial charge is 0.220 e. The van der Waals surface area contributed by atoms with Crippen LogP contribution >= 0.6 is 0 Å². The number of halogens is 1. The summed E-state index contributed by atoms with van der Waals surface area (Å²) in [7, 11) is 0. The molecule has 0 saturated carbocycles. The molecular formula is C30H60FNO3. The van der Waals surface area contributed by atoms with Crippen LogP contribution in [0.25, 0.3) is 0 Å². The van der Waals surface area contributed by atoms with Crippen LogP contribution in [-0.2, 0) is 4.79 Å². The Bertz CT molecular complexity index is 449. The van der Waals surface area contributed by atoms with Crippen molar-refractivity contribution in [3.05, 3.63) is 0 Å². The van der Waals surface area contributed by atoms with Crippen molar-refractivity contribution in [3.63, 3.8) is 0 Å². The summed E-state index contributed by atoms with van der Waals surface area (Å²) < 4.78 is 14.5. The second kappa shape index (κ2) is 26.4. The minimum Gasteiger partial charge on any atom is -0.394 e. The van der Waals surface area contributed by atoms with E-state index in [0.717, 1.165) is 38.5 Å². The Kier molecular flexibility index (Phi) is 25.9. The molecule has 0 aromatic heterocycles. The van der Waals surface area contributed by atoms with Crippen LogP contribution in [0.4, 0.5) is 4.39 Å². The number of hydrogen-bond acceptors (Lipinski definition) is 3. The summed E-state index contributed by atoms with van der Waals surface area (Å²) in [5.74, 6) is -0.205. The molecule has 1 amide bonds. The largest absolute Gasteiger partial charge is 0.394 e. The van der Waals surface area contributed by atoms with Crippen LogP contribution < -0.4 is 5.32 Å². The van der Waals surface area contributed by atoms with Crippen LogP contribution in [0.2, 0.25) is 0 Å². The van der Waals surface area contributed by atoms with E-state index >= 15 is 0 Å². The van der Waals surface area contributed by atoms with Crippen LogP contribution in [0.1, 0.15) is 162 Å². The first kappa shape index (κ1) is 34.3. The average molecular weight is 502 g/mol. The van der Waals surface area contributed by atoms with E-state index in [0.29, 0.717) is 6.42 Å². The molecule has 0 aliphatic rings. The van der Waals surface area contributed by atoms with Crippen molar-refractivity contribution in [2.24, 2.45) is 0 Å². The SMILES string of the molecule is CCCCCCCCCCCCCC[C@@H](F)[C@@H](O)[C@H](CO)NC(=O)CCCCCCCCCCC. The third-order valence-electron chi connectivity index (χ3n) is 7.17. The fourth-order valence-corrected chi connectivity index (χ4v) is 4.72. The standard InChI is InChI=1S/C30H60FNO3/c1-3-5-7-9-11-13-14-15-17-18-20-22-24-27(31)30(35)28(26-33)32-29(34)25-23-21-19-16-12-10-8-6-4-2/h27-28,30,33,35H,3-26H2,1-2H3,(H,32,34)/t27-,28+,30-/m1/s1. The Morgan fingerprint density at radius 2 is 1.03 bits per heavy atom. The van der Waals surface area contributed by atoms with Gasteiger partial charge in [0.1, 0.15) is 12.3 Å². The summed E-state index contributed by atoms with van der Waals surface area (Å²) >= 11 is 0. The Labute approximate surface area is 217 Å². The second-order valence-electron chi connectivity index (χ2n) is 10.6. The molecule has 0 bridgehead atoms. The van der Waals surface area contributed by atoms with Crippen molar-refractivity contribution < 1.29 is 19.4 Å². The lowest BCUT2D eigenvalue weighted by atomic mass is 10.00. The molecule has 0 spiro atoms. The maximum absolute atomic E-state index is 14.5. The number of hydrogen-bond donors (Lipinski definition) is 3. The zero-order valence-electron chi connectivity index (χ0n) is 23.4. The summed E-state index contributed by atoms with van der Waals surface area (Å²) in [5, 5.41) is 22.5. The Hall–Kier alpha value is -0.680. The molecule has 0 saturated heterocycles. The highest BCUT2D eigenvalue weighted by Gasteiger charge is 2.28. The van der Waals surface area contributed by atoms with Gasteiger partial charge in [-0.25, -0.2) is 4.39 Å². The van der Waals surface area contributed by atoms with E-state index in [1.807, 2.05) is 0 Å². The minimum absolute atomic E-state index is 0.205. The van der Waals surface area contributed by atoms with Gasteiger partial charge in [0.15, 0.2) is 0 Å². The normalized spacial score (nSPS) is 14.1. The molecule has 210 valence electrons. The van der Waals surface area contributed by atoms with Crippen LogP contribution in [0.15, 0.2) is 0 Å². The van der Waals surface area contributed by atoms with Crippen LogP contribution in [0.5, 0.6) is 0 Å². The highest BCUT2D eigenvalue weighted by molar-refractivity contribution is 5.76. The average Bonchev–Trinajstić information content (AvgIpc) is 2.86. The third kappa shape index (κ3) is 22.3. The number of amides is 1. The highest BCUT2D eigenvalue weighted by Crippen LogP contribution is 2.16. The first-order valence-corrected chi connectivity index (χ1v) is 15.3. The summed E-state index contributed by atoms with van der Waals surface area (Å²) in [6.07, 6.45) is 23.1. The molecule has 0 unspecified atom stereocenters. The van der Waals surface area contributed by atoms with Gasteiger partial charge in [-0.15, -0.1) is 0 Å². The fourth-order valence-electron chi connectivity index (χ4n) is 4.72. The molecule has 3 atom stereocenters. The first-order valence-electron chi connectivity index (χ1n) is 15.3. The van der Waals surface area contributed by atoms with E-state index in [2.05, 4.69) is 19.2 Å². The first-order chi connectivity index (χ1) is 17.1. The fraction of sp³-hybridized carbons (Fsp3) is 0.967. The number of nitrogens with one attached hydrogen (secondary N) is 1. The number of carbonyl (C=O) groups is 1. The lowest BCUT2D eigenvalue weighted by Gasteiger charge is -2.25. The lowest BCUT2D eigenvalue weighted by molar-refractivity contribution is -0.123. The number of unbranched alkanes of at least 4 members (excludes halogenated alkanes) is 19. The number of rotatable bonds is 27. The summed E-state index contributed by atoms with van der Waals surface area (Å²) in [4.78, 5) is 12.2. The van der Waals surface area contributed by atoms with E-state index in [-0.39, 0.29) is 12.3 Å². The van der Waals surface area contributed by atoms with Crippen molar-refractivity contribution in [2.45, 2.75) is 180 Å². The van der Waals surface area contributed by atoms with Gasteiger partial charge in [-0.1, -0.05) is 142 Å². The van der Waals surface area contributed by atoms with E-state index in [1.54, 1.807) is 0 Å². The molecule has 4 nitrogen and oxygen atoms in total. The van der Waals surface area contributed by atoms with Gasteiger partial charge in [-0.3, -0.25) is 4.79 Å². The number of alkyl halides is 1. The maximum Gasteiger partial charge on any atom is 0.220 e. The van der Waals surface area contributed by atoms with E-state index in [9.17, 15) is 19.4 Å². The van der Waals surface area contributed by atoms with Crippen molar-refractivity contribution in [2.75, 3.05) is 6.61 Å². The van der Waals surface area contributed by atoms with Gasteiger partial charge in [0.05, 0.1) is 12.6 Å². The topological polar surface area (TPSA) is 69.6 Å².